The van der Waals surface area contributed by atoms with Gasteiger partial charge in [0.1, 0.15) is 11.3 Å². The molecule has 0 aliphatic heterocycles. The minimum Gasteiger partial charge on any atom is -0.506 e. The van der Waals surface area contributed by atoms with Crippen LogP contribution in [-0.2, 0) is 16.6 Å². The van der Waals surface area contributed by atoms with Gasteiger partial charge in [0.2, 0.25) is 0 Å². The fourth-order valence-corrected chi connectivity index (χ4v) is 4.43. The van der Waals surface area contributed by atoms with Crippen molar-refractivity contribution in [3.05, 3.63) is 99.3 Å². The molecule has 0 unspecified atom stereocenters. The van der Waals surface area contributed by atoms with Gasteiger partial charge in [0.05, 0.1) is 10.4 Å². The summed E-state index contributed by atoms with van der Waals surface area (Å²) in [5.74, 6) is -1.33. The van der Waals surface area contributed by atoms with Crippen molar-refractivity contribution in [2.24, 2.45) is 0 Å². The maximum absolute atomic E-state index is 12.6. The highest BCUT2D eigenvalue weighted by atomic mass is 35.5. The Morgan fingerprint density at radius 3 is 2.39 bits per heavy atom. The van der Waals surface area contributed by atoms with E-state index < -0.39 is 32.8 Å². The molecule has 0 bridgehead atoms. The summed E-state index contributed by atoms with van der Waals surface area (Å²) in [7, 11) is -3.86. The lowest BCUT2D eigenvalue weighted by Crippen LogP contribution is -2.29. The first-order valence-corrected chi connectivity index (χ1v) is 11.6. The molecule has 1 heterocycles. The zero-order chi connectivity index (χ0) is 23.6. The molecule has 10 heteroatoms. The molecule has 0 aliphatic rings. The number of carbonyl (C=O) groups is 1. The van der Waals surface area contributed by atoms with Crippen molar-refractivity contribution in [2.75, 3.05) is 4.72 Å². The standard InChI is InChI=1S/C23H18ClN3O5S/c24-15-8-6-14(7-9-15)13-25-22(29)20-21(28)18-12-16(10-11-19(18)26-23(20)30)27-33(31,32)17-4-2-1-3-5-17/h1-12,27H,13H2,(H,25,29)(H2,26,28,30). The SMILES string of the molecule is O=C(NCc1ccc(Cl)cc1)c1c(O)c2cc(NS(=O)(=O)c3ccccc3)ccc2[nH]c1=O. The van der Waals surface area contributed by atoms with Gasteiger partial charge >= 0.3 is 0 Å². The van der Waals surface area contributed by atoms with Crippen LogP contribution >= 0.6 is 11.6 Å². The average Bonchev–Trinajstić information content (AvgIpc) is 2.79. The smallest absolute Gasteiger partial charge is 0.265 e. The summed E-state index contributed by atoms with van der Waals surface area (Å²) < 4.78 is 27.6. The molecule has 0 radical (unpaired) electrons. The van der Waals surface area contributed by atoms with Crippen molar-refractivity contribution in [3.8, 4) is 5.75 Å². The predicted molar refractivity (Wildman–Crippen MR) is 126 cm³/mol. The van der Waals surface area contributed by atoms with Gasteiger partial charge in [-0.25, -0.2) is 8.42 Å². The van der Waals surface area contributed by atoms with Crippen LogP contribution in [-0.4, -0.2) is 24.4 Å². The van der Waals surface area contributed by atoms with Crippen LogP contribution in [0.4, 0.5) is 5.69 Å². The average molecular weight is 484 g/mol. The number of sulfonamides is 1. The van der Waals surface area contributed by atoms with Crippen LogP contribution in [0, 0.1) is 0 Å². The predicted octanol–water partition coefficient (Wildman–Crippen LogP) is 3.62. The van der Waals surface area contributed by atoms with E-state index in [1.54, 1.807) is 42.5 Å². The lowest BCUT2D eigenvalue weighted by molar-refractivity contribution is 0.0947. The van der Waals surface area contributed by atoms with Gasteiger partial charge in [-0.2, -0.15) is 0 Å². The van der Waals surface area contributed by atoms with Crippen LogP contribution < -0.4 is 15.6 Å². The molecule has 0 saturated heterocycles. The highest BCUT2D eigenvalue weighted by molar-refractivity contribution is 7.92. The molecule has 4 N–H and O–H groups in total. The molecule has 1 aromatic heterocycles. The van der Waals surface area contributed by atoms with Crippen LogP contribution in [0.2, 0.25) is 5.02 Å². The van der Waals surface area contributed by atoms with Gasteiger partial charge in [-0.3, -0.25) is 14.3 Å². The molecule has 4 rings (SSSR count). The first-order chi connectivity index (χ1) is 15.7. The molecule has 33 heavy (non-hydrogen) atoms. The Kier molecular flexibility index (Phi) is 6.08. The minimum atomic E-state index is -3.86. The molecule has 8 nitrogen and oxygen atoms in total. The number of hydrogen-bond acceptors (Lipinski definition) is 5. The number of aromatic hydroxyl groups is 1. The maximum Gasteiger partial charge on any atom is 0.265 e. The number of nitrogens with one attached hydrogen (secondary N) is 3. The van der Waals surface area contributed by atoms with E-state index in [1.807, 2.05) is 0 Å². The third kappa shape index (κ3) is 4.84. The van der Waals surface area contributed by atoms with Crippen molar-refractivity contribution in [1.82, 2.24) is 10.3 Å². The number of pyridine rings is 1. The second-order valence-corrected chi connectivity index (χ2v) is 9.28. The summed E-state index contributed by atoms with van der Waals surface area (Å²) >= 11 is 5.85. The Morgan fingerprint density at radius 1 is 1.00 bits per heavy atom. The number of carbonyl (C=O) groups excluding carboxylic acids is 1. The van der Waals surface area contributed by atoms with Crippen molar-refractivity contribution >= 4 is 44.1 Å². The molecular weight excluding hydrogens is 466 g/mol. The quantitative estimate of drug-likeness (QED) is 0.333. The monoisotopic (exact) mass is 483 g/mol. The second kappa shape index (κ2) is 8.97. The number of aromatic amines is 1. The van der Waals surface area contributed by atoms with Crippen LogP contribution in [0.25, 0.3) is 10.9 Å². The summed E-state index contributed by atoms with van der Waals surface area (Å²) in [6.45, 7) is 0.115. The Bertz CT molecular complexity index is 1500. The van der Waals surface area contributed by atoms with Crippen LogP contribution in [0.15, 0.2) is 82.5 Å². The lowest BCUT2D eigenvalue weighted by Gasteiger charge is -2.11. The van der Waals surface area contributed by atoms with Gasteiger partial charge in [-0.1, -0.05) is 41.9 Å². The maximum atomic E-state index is 12.6. The number of hydrogen-bond donors (Lipinski definition) is 4. The number of fused-ring (bicyclic) bond motifs is 1. The number of amides is 1. The van der Waals surface area contributed by atoms with E-state index in [1.165, 1.54) is 30.3 Å². The van der Waals surface area contributed by atoms with Gasteiger partial charge in [-0.05, 0) is 48.0 Å². The molecule has 168 valence electrons. The number of H-pyrrole nitrogens is 1. The number of halogens is 1. The van der Waals surface area contributed by atoms with Gasteiger partial charge in [0.25, 0.3) is 21.5 Å². The van der Waals surface area contributed by atoms with Crippen LogP contribution in [0.1, 0.15) is 15.9 Å². The molecule has 0 fully saturated rings. The highest BCUT2D eigenvalue weighted by Crippen LogP contribution is 2.28. The van der Waals surface area contributed by atoms with E-state index in [0.717, 1.165) is 5.56 Å². The van der Waals surface area contributed by atoms with Gasteiger partial charge in [0.15, 0.2) is 0 Å². The molecule has 0 atom stereocenters. The summed E-state index contributed by atoms with van der Waals surface area (Å²) in [6.07, 6.45) is 0. The highest BCUT2D eigenvalue weighted by Gasteiger charge is 2.20. The Morgan fingerprint density at radius 2 is 1.70 bits per heavy atom. The van der Waals surface area contributed by atoms with E-state index in [9.17, 15) is 23.1 Å². The third-order valence-corrected chi connectivity index (χ3v) is 6.54. The zero-order valence-corrected chi connectivity index (χ0v) is 18.6. The van der Waals surface area contributed by atoms with Crippen molar-refractivity contribution in [1.29, 1.82) is 0 Å². The normalized spacial score (nSPS) is 11.3. The first-order valence-electron chi connectivity index (χ1n) is 9.74. The van der Waals surface area contributed by atoms with E-state index in [4.69, 9.17) is 11.6 Å². The second-order valence-electron chi connectivity index (χ2n) is 7.17. The fraction of sp³-hybridized carbons (Fsp3) is 0.0435. The fourth-order valence-electron chi connectivity index (χ4n) is 3.24. The van der Waals surface area contributed by atoms with Gasteiger partial charge < -0.3 is 15.4 Å². The molecule has 4 aromatic rings. The topological polar surface area (TPSA) is 128 Å². The largest absolute Gasteiger partial charge is 0.506 e. The van der Waals surface area contributed by atoms with E-state index in [-0.39, 0.29) is 28.0 Å². The number of aromatic nitrogens is 1. The summed E-state index contributed by atoms with van der Waals surface area (Å²) in [5.41, 5.74) is -0.0940. The zero-order valence-electron chi connectivity index (χ0n) is 17.0. The van der Waals surface area contributed by atoms with Crippen molar-refractivity contribution in [3.63, 3.8) is 0 Å². The molecular formula is C23H18ClN3O5S. The Labute approximate surface area is 193 Å². The van der Waals surface area contributed by atoms with Crippen molar-refractivity contribution in [2.45, 2.75) is 11.4 Å². The Hall–Kier alpha value is -3.82. The van der Waals surface area contributed by atoms with Crippen LogP contribution in [0.5, 0.6) is 5.75 Å². The molecule has 0 aliphatic carbocycles. The minimum absolute atomic E-state index is 0.0676. The molecule has 0 spiro atoms. The summed E-state index contributed by atoms with van der Waals surface area (Å²) in [5, 5.41) is 13.9. The summed E-state index contributed by atoms with van der Waals surface area (Å²) in [6, 6.07) is 18.8. The van der Waals surface area contributed by atoms with Crippen molar-refractivity contribution < 1.29 is 18.3 Å². The number of benzene rings is 3. The summed E-state index contributed by atoms with van der Waals surface area (Å²) in [4.78, 5) is 27.7. The van der Waals surface area contributed by atoms with Crippen LogP contribution in [0.3, 0.4) is 0 Å². The number of anilines is 1. The molecule has 1 amide bonds. The van der Waals surface area contributed by atoms with Gasteiger partial charge in [-0.15, -0.1) is 0 Å². The van der Waals surface area contributed by atoms with E-state index in [0.29, 0.717) is 5.02 Å². The third-order valence-electron chi connectivity index (χ3n) is 4.89. The molecule has 3 aromatic carbocycles. The van der Waals surface area contributed by atoms with Gasteiger partial charge in [0, 0.05) is 22.6 Å². The van der Waals surface area contributed by atoms with E-state index >= 15 is 0 Å². The lowest BCUT2D eigenvalue weighted by atomic mass is 10.1. The Balaban J connectivity index is 1.64. The molecule has 0 saturated carbocycles. The number of rotatable bonds is 6. The van der Waals surface area contributed by atoms with E-state index in [2.05, 4.69) is 15.0 Å². The first kappa shape index (κ1) is 22.4.